The second-order valence-corrected chi connectivity index (χ2v) is 4.68. The summed E-state index contributed by atoms with van der Waals surface area (Å²) >= 11 is 0. The van der Waals surface area contributed by atoms with E-state index in [9.17, 15) is 9.59 Å². The molecule has 4 heteroatoms. The van der Waals surface area contributed by atoms with E-state index < -0.39 is 0 Å². The smallest absolute Gasteiger partial charge is 0.216 e. The van der Waals surface area contributed by atoms with Crippen LogP contribution in [-0.2, 0) is 9.59 Å². The summed E-state index contributed by atoms with van der Waals surface area (Å²) in [5, 5.41) is 5.76. The zero-order chi connectivity index (χ0) is 12.0. The van der Waals surface area contributed by atoms with Gasteiger partial charge in [0.1, 0.15) is 0 Å². The molecule has 2 atom stereocenters. The summed E-state index contributed by atoms with van der Waals surface area (Å²) < 4.78 is 0. The molecule has 0 aromatic carbocycles. The van der Waals surface area contributed by atoms with Crippen LogP contribution in [0.1, 0.15) is 39.5 Å². The van der Waals surface area contributed by atoms with Crippen molar-refractivity contribution in [1.82, 2.24) is 10.6 Å². The van der Waals surface area contributed by atoms with Gasteiger partial charge in [-0.2, -0.15) is 0 Å². The highest BCUT2D eigenvalue weighted by atomic mass is 16.2. The Kier molecular flexibility index (Phi) is 5.29. The topological polar surface area (TPSA) is 58.2 Å². The number of carbonyl (C=O) groups is 2. The van der Waals surface area contributed by atoms with Crippen LogP contribution >= 0.6 is 0 Å². The van der Waals surface area contributed by atoms with Gasteiger partial charge in [0, 0.05) is 26.9 Å². The molecule has 0 bridgehead atoms. The van der Waals surface area contributed by atoms with Crippen molar-refractivity contribution in [3.63, 3.8) is 0 Å². The highest BCUT2D eigenvalue weighted by Gasteiger charge is 2.25. The molecule has 0 aromatic heterocycles. The lowest BCUT2D eigenvalue weighted by molar-refractivity contribution is -0.120. The van der Waals surface area contributed by atoms with Gasteiger partial charge in [-0.05, 0) is 24.7 Å². The van der Waals surface area contributed by atoms with Crippen LogP contribution < -0.4 is 10.6 Å². The van der Waals surface area contributed by atoms with Gasteiger partial charge in [-0.25, -0.2) is 0 Å². The van der Waals surface area contributed by atoms with Crippen LogP contribution in [0.15, 0.2) is 0 Å². The molecule has 1 aliphatic carbocycles. The van der Waals surface area contributed by atoms with Crippen LogP contribution in [0.4, 0.5) is 0 Å². The Morgan fingerprint density at radius 2 is 1.31 bits per heavy atom. The Morgan fingerprint density at radius 3 is 1.62 bits per heavy atom. The molecule has 0 radical (unpaired) electrons. The van der Waals surface area contributed by atoms with Crippen molar-refractivity contribution in [2.24, 2.45) is 11.8 Å². The van der Waals surface area contributed by atoms with Crippen LogP contribution in [0.2, 0.25) is 0 Å². The Balaban J connectivity index is 2.37. The monoisotopic (exact) mass is 226 g/mol. The van der Waals surface area contributed by atoms with E-state index in [0.717, 1.165) is 25.9 Å². The molecule has 0 aromatic rings. The van der Waals surface area contributed by atoms with Crippen molar-refractivity contribution in [2.45, 2.75) is 39.5 Å². The van der Waals surface area contributed by atoms with Crippen LogP contribution in [0.3, 0.4) is 0 Å². The van der Waals surface area contributed by atoms with Gasteiger partial charge in [0.05, 0.1) is 0 Å². The molecular weight excluding hydrogens is 204 g/mol. The number of amides is 2. The highest BCUT2D eigenvalue weighted by molar-refractivity contribution is 5.73. The van der Waals surface area contributed by atoms with E-state index >= 15 is 0 Å². The third kappa shape index (κ3) is 4.64. The molecule has 0 aliphatic heterocycles. The minimum Gasteiger partial charge on any atom is -0.356 e. The number of nitrogens with one attached hydrogen (secondary N) is 2. The van der Waals surface area contributed by atoms with Crippen molar-refractivity contribution in [2.75, 3.05) is 13.1 Å². The molecule has 16 heavy (non-hydrogen) atoms. The van der Waals surface area contributed by atoms with E-state index in [1.807, 2.05) is 0 Å². The summed E-state index contributed by atoms with van der Waals surface area (Å²) in [5.74, 6) is 1.10. The van der Waals surface area contributed by atoms with Gasteiger partial charge in [-0.15, -0.1) is 0 Å². The third-order valence-corrected chi connectivity index (χ3v) is 3.29. The van der Waals surface area contributed by atoms with Gasteiger partial charge >= 0.3 is 0 Å². The summed E-state index contributed by atoms with van der Waals surface area (Å²) in [4.78, 5) is 21.8. The van der Waals surface area contributed by atoms with E-state index in [1.165, 1.54) is 12.8 Å². The minimum atomic E-state index is 0.0313. The molecule has 1 rings (SSSR count). The maximum Gasteiger partial charge on any atom is 0.216 e. The minimum absolute atomic E-state index is 0.0313. The second-order valence-electron chi connectivity index (χ2n) is 4.68. The molecule has 92 valence electrons. The third-order valence-electron chi connectivity index (χ3n) is 3.29. The molecular formula is C12H22N2O2. The van der Waals surface area contributed by atoms with Gasteiger partial charge in [-0.3, -0.25) is 9.59 Å². The van der Waals surface area contributed by atoms with Gasteiger partial charge < -0.3 is 10.6 Å². The quantitative estimate of drug-likeness (QED) is 0.753. The van der Waals surface area contributed by atoms with Crippen molar-refractivity contribution in [1.29, 1.82) is 0 Å². The standard InChI is InChI=1S/C12H22N2O2/c1-9(15)13-7-11-5-3-4-6-12(11)8-14-10(2)16/h11-12H,3-8H2,1-2H3,(H,13,15)(H,14,16)/t11-,12-/m0/s1. The second kappa shape index (κ2) is 6.51. The predicted molar refractivity (Wildman–Crippen MR) is 62.8 cm³/mol. The lowest BCUT2D eigenvalue weighted by atomic mass is 9.79. The van der Waals surface area contributed by atoms with Gasteiger partial charge in [-0.1, -0.05) is 12.8 Å². The van der Waals surface area contributed by atoms with Crippen LogP contribution in [-0.4, -0.2) is 24.9 Å². The summed E-state index contributed by atoms with van der Waals surface area (Å²) in [6.45, 7) is 4.59. The van der Waals surface area contributed by atoms with E-state index in [1.54, 1.807) is 13.8 Å². The molecule has 1 fully saturated rings. The van der Waals surface area contributed by atoms with Crippen LogP contribution in [0.25, 0.3) is 0 Å². The van der Waals surface area contributed by atoms with E-state index in [2.05, 4.69) is 10.6 Å². The molecule has 0 saturated heterocycles. The van der Waals surface area contributed by atoms with Crippen molar-refractivity contribution >= 4 is 11.8 Å². The first-order valence-electron chi connectivity index (χ1n) is 6.08. The Hall–Kier alpha value is -1.06. The van der Waals surface area contributed by atoms with Gasteiger partial charge in [0.2, 0.25) is 11.8 Å². The van der Waals surface area contributed by atoms with Crippen molar-refractivity contribution in [3.05, 3.63) is 0 Å². The maximum atomic E-state index is 10.9. The molecule has 0 spiro atoms. The van der Waals surface area contributed by atoms with Gasteiger partial charge in [0.25, 0.3) is 0 Å². The van der Waals surface area contributed by atoms with Crippen LogP contribution in [0.5, 0.6) is 0 Å². The Morgan fingerprint density at radius 1 is 0.938 bits per heavy atom. The largest absolute Gasteiger partial charge is 0.356 e. The zero-order valence-corrected chi connectivity index (χ0v) is 10.2. The number of hydrogen-bond acceptors (Lipinski definition) is 2. The molecule has 4 nitrogen and oxygen atoms in total. The molecule has 2 N–H and O–H groups in total. The predicted octanol–water partition coefficient (Wildman–Crippen LogP) is 1.06. The fourth-order valence-electron chi connectivity index (χ4n) is 2.37. The summed E-state index contributed by atoms with van der Waals surface area (Å²) in [5.41, 5.74) is 0. The van der Waals surface area contributed by atoms with E-state index in [-0.39, 0.29) is 11.8 Å². The number of hydrogen-bond donors (Lipinski definition) is 2. The first-order valence-corrected chi connectivity index (χ1v) is 6.08. The molecule has 1 aliphatic rings. The number of carbonyl (C=O) groups excluding carboxylic acids is 2. The first-order chi connectivity index (χ1) is 7.59. The van der Waals surface area contributed by atoms with Crippen LogP contribution in [0, 0.1) is 11.8 Å². The number of rotatable bonds is 4. The lowest BCUT2D eigenvalue weighted by Gasteiger charge is -2.31. The van der Waals surface area contributed by atoms with E-state index in [4.69, 9.17) is 0 Å². The Labute approximate surface area is 97.2 Å². The Bertz CT molecular complexity index is 227. The normalized spacial score (nSPS) is 24.9. The molecule has 0 unspecified atom stereocenters. The molecule has 2 amide bonds. The molecule has 1 saturated carbocycles. The summed E-state index contributed by atoms with van der Waals surface area (Å²) in [7, 11) is 0. The maximum absolute atomic E-state index is 10.9. The fraction of sp³-hybridized carbons (Fsp3) is 0.833. The average molecular weight is 226 g/mol. The highest BCUT2D eigenvalue weighted by Crippen LogP contribution is 2.29. The summed E-state index contributed by atoms with van der Waals surface area (Å²) in [6, 6.07) is 0. The SMILES string of the molecule is CC(=O)NC[C@@H]1CCCC[C@H]1CNC(C)=O. The first kappa shape index (κ1) is 13.0. The van der Waals surface area contributed by atoms with E-state index in [0.29, 0.717) is 11.8 Å². The average Bonchev–Trinajstić information content (AvgIpc) is 2.24. The van der Waals surface area contributed by atoms with Crippen molar-refractivity contribution in [3.8, 4) is 0 Å². The lowest BCUT2D eigenvalue weighted by Crippen LogP contribution is -2.38. The van der Waals surface area contributed by atoms with Gasteiger partial charge in [0.15, 0.2) is 0 Å². The fourth-order valence-corrected chi connectivity index (χ4v) is 2.37. The summed E-state index contributed by atoms with van der Waals surface area (Å²) in [6.07, 6.45) is 4.79. The van der Waals surface area contributed by atoms with Crippen molar-refractivity contribution < 1.29 is 9.59 Å². The molecule has 0 heterocycles. The zero-order valence-electron chi connectivity index (χ0n) is 10.2.